The summed E-state index contributed by atoms with van der Waals surface area (Å²) < 4.78 is 23.6. The number of benzene rings is 1. The quantitative estimate of drug-likeness (QED) is 0.770. The number of rotatable bonds is 5. The number of anilines is 1. The molecule has 2 heterocycles. The van der Waals surface area contributed by atoms with Crippen LogP contribution in [-0.4, -0.2) is 55.8 Å². The number of carbonyl (C=O) groups excluding carboxylic acids is 2. The molecule has 0 bridgehead atoms. The zero-order valence-electron chi connectivity index (χ0n) is 16.2. The molecule has 1 aromatic carbocycles. The summed E-state index contributed by atoms with van der Waals surface area (Å²) in [5.74, 6) is -0.110. The summed E-state index contributed by atoms with van der Waals surface area (Å²) >= 11 is 0. The summed E-state index contributed by atoms with van der Waals surface area (Å²) in [6.07, 6.45) is 0.670. The molecule has 0 N–H and O–H groups in total. The molecule has 2 aliphatic heterocycles. The van der Waals surface area contributed by atoms with Crippen LogP contribution in [0.4, 0.5) is 5.69 Å². The fraction of sp³-hybridized carbons (Fsp3) is 0.600. The smallest absolute Gasteiger partial charge is 0.228 e. The number of para-hydroxylation sites is 1. The lowest BCUT2D eigenvalue weighted by Gasteiger charge is -2.29. The molecule has 0 saturated carbocycles. The molecule has 0 radical (unpaired) electrons. The predicted molar refractivity (Wildman–Crippen MR) is 105 cm³/mol. The van der Waals surface area contributed by atoms with Crippen molar-refractivity contribution in [3.05, 3.63) is 29.8 Å². The Hall–Kier alpha value is -1.89. The topological polar surface area (TPSA) is 74.8 Å². The molecule has 2 amide bonds. The minimum Gasteiger partial charge on any atom is -0.339 e. The van der Waals surface area contributed by atoms with E-state index in [1.54, 1.807) is 9.80 Å². The van der Waals surface area contributed by atoms with E-state index in [-0.39, 0.29) is 41.7 Å². The maximum absolute atomic E-state index is 13.1. The van der Waals surface area contributed by atoms with E-state index in [4.69, 9.17) is 0 Å². The lowest BCUT2D eigenvalue weighted by Crippen LogP contribution is -2.44. The molecule has 2 aliphatic rings. The molecule has 1 aromatic rings. The van der Waals surface area contributed by atoms with E-state index in [0.29, 0.717) is 19.5 Å². The van der Waals surface area contributed by atoms with E-state index >= 15 is 0 Å². The van der Waals surface area contributed by atoms with Crippen molar-refractivity contribution in [1.82, 2.24) is 4.90 Å². The van der Waals surface area contributed by atoms with Gasteiger partial charge in [-0.25, -0.2) is 8.42 Å². The zero-order valence-corrected chi connectivity index (χ0v) is 17.0. The fourth-order valence-corrected chi connectivity index (χ4v) is 5.91. The maximum Gasteiger partial charge on any atom is 0.228 e. The van der Waals surface area contributed by atoms with Gasteiger partial charge in [0.25, 0.3) is 0 Å². The second kappa shape index (κ2) is 7.62. The van der Waals surface area contributed by atoms with Crippen molar-refractivity contribution in [2.24, 2.45) is 5.92 Å². The highest BCUT2D eigenvalue weighted by molar-refractivity contribution is 7.91. The Labute approximate surface area is 161 Å². The van der Waals surface area contributed by atoms with Gasteiger partial charge in [0.05, 0.1) is 17.4 Å². The normalized spacial score (nSPS) is 24.6. The van der Waals surface area contributed by atoms with Crippen molar-refractivity contribution < 1.29 is 18.0 Å². The number of hydrogen-bond donors (Lipinski definition) is 0. The molecule has 0 aromatic heterocycles. The number of sulfone groups is 1. The minimum atomic E-state index is -3.06. The molecule has 6 nitrogen and oxygen atoms in total. The predicted octanol–water partition coefficient (Wildman–Crippen LogP) is 2.20. The standard InChI is InChI=1S/C20H28N2O4S/c1-4-21(16-9-10-27(25,26)13-16)20(24)15-11-19(23)22(12-15)18-8-6-5-7-17(18)14(2)3/h5-8,14-16H,4,9-13H2,1-3H3. The van der Waals surface area contributed by atoms with Gasteiger partial charge in [-0.2, -0.15) is 0 Å². The van der Waals surface area contributed by atoms with Crippen molar-refractivity contribution in [3.8, 4) is 0 Å². The Kier molecular flexibility index (Phi) is 5.60. The van der Waals surface area contributed by atoms with Gasteiger partial charge in [-0.05, 0) is 30.9 Å². The SMILES string of the molecule is CCN(C(=O)C1CC(=O)N(c2ccccc2C(C)C)C1)C1CCS(=O)(=O)C1. The minimum absolute atomic E-state index is 0.0349. The number of hydrogen-bond acceptors (Lipinski definition) is 4. The zero-order chi connectivity index (χ0) is 19.8. The first kappa shape index (κ1) is 19.9. The largest absolute Gasteiger partial charge is 0.339 e. The van der Waals surface area contributed by atoms with Crippen LogP contribution >= 0.6 is 0 Å². The van der Waals surface area contributed by atoms with Crippen LogP contribution < -0.4 is 4.90 Å². The van der Waals surface area contributed by atoms with Crippen LogP contribution in [0.15, 0.2) is 24.3 Å². The molecule has 2 saturated heterocycles. The van der Waals surface area contributed by atoms with E-state index in [1.807, 2.05) is 31.2 Å². The van der Waals surface area contributed by atoms with Crippen LogP contribution in [0.2, 0.25) is 0 Å². The summed E-state index contributed by atoms with van der Waals surface area (Å²) in [5.41, 5.74) is 1.97. The highest BCUT2D eigenvalue weighted by atomic mass is 32.2. The van der Waals surface area contributed by atoms with Crippen LogP contribution in [0.1, 0.15) is 45.1 Å². The summed E-state index contributed by atoms with van der Waals surface area (Å²) in [6.45, 7) is 6.86. The third-order valence-corrected chi connectivity index (χ3v) is 7.35. The van der Waals surface area contributed by atoms with Gasteiger partial charge in [0.1, 0.15) is 0 Å². The Morgan fingerprint density at radius 3 is 2.59 bits per heavy atom. The van der Waals surface area contributed by atoms with E-state index in [1.165, 1.54) is 0 Å². The first-order valence-electron chi connectivity index (χ1n) is 9.63. The average Bonchev–Trinajstić information content (AvgIpc) is 3.18. The van der Waals surface area contributed by atoms with Crippen molar-refractivity contribution in [3.63, 3.8) is 0 Å². The van der Waals surface area contributed by atoms with Gasteiger partial charge >= 0.3 is 0 Å². The molecule has 0 aliphatic carbocycles. The van der Waals surface area contributed by atoms with Crippen LogP contribution in [0.25, 0.3) is 0 Å². The molecular weight excluding hydrogens is 364 g/mol. The molecule has 2 atom stereocenters. The molecule has 2 fully saturated rings. The van der Waals surface area contributed by atoms with Gasteiger partial charge in [-0.1, -0.05) is 32.0 Å². The van der Waals surface area contributed by atoms with Gasteiger partial charge in [-0.15, -0.1) is 0 Å². The highest BCUT2D eigenvalue weighted by Gasteiger charge is 2.41. The van der Waals surface area contributed by atoms with Crippen LogP contribution in [0.3, 0.4) is 0 Å². The highest BCUT2D eigenvalue weighted by Crippen LogP contribution is 2.33. The van der Waals surface area contributed by atoms with Crippen LogP contribution in [0, 0.1) is 5.92 Å². The van der Waals surface area contributed by atoms with Crippen molar-refractivity contribution >= 4 is 27.3 Å². The number of nitrogens with zero attached hydrogens (tertiary/aromatic N) is 2. The molecule has 7 heteroatoms. The summed E-state index contributed by atoms with van der Waals surface area (Å²) in [4.78, 5) is 29.1. The maximum atomic E-state index is 13.1. The first-order valence-corrected chi connectivity index (χ1v) is 11.5. The lowest BCUT2D eigenvalue weighted by atomic mass is 10.0. The monoisotopic (exact) mass is 392 g/mol. The summed E-state index contributed by atoms with van der Waals surface area (Å²) in [6, 6.07) is 7.55. The first-order chi connectivity index (χ1) is 12.7. The third kappa shape index (κ3) is 4.03. The lowest BCUT2D eigenvalue weighted by molar-refractivity contribution is -0.137. The molecule has 148 valence electrons. The second-order valence-corrected chi connectivity index (χ2v) is 10.0. The number of amides is 2. The molecule has 3 rings (SSSR count). The number of carbonyl (C=O) groups is 2. The van der Waals surface area contributed by atoms with E-state index in [0.717, 1.165) is 11.3 Å². The van der Waals surface area contributed by atoms with Crippen LogP contribution in [-0.2, 0) is 19.4 Å². The van der Waals surface area contributed by atoms with Gasteiger partial charge in [-0.3, -0.25) is 9.59 Å². The van der Waals surface area contributed by atoms with E-state index in [9.17, 15) is 18.0 Å². The van der Waals surface area contributed by atoms with Crippen molar-refractivity contribution in [2.45, 2.75) is 45.6 Å². The van der Waals surface area contributed by atoms with E-state index < -0.39 is 15.8 Å². The molecular formula is C20H28N2O4S. The van der Waals surface area contributed by atoms with E-state index in [2.05, 4.69) is 13.8 Å². The molecule has 27 heavy (non-hydrogen) atoms. The van der Waals surface area contributed by atoms with Gasteiger partial charge < -0.3 is 9.80 Å². The van der Waals surface area contributed by atoms with Crippen molar-refractivity contribution in [1.29, 1.82) is 0 Å². The van der Waals surface area contributed by atoms with Gasteiger partial charge in [0.2, 0.25) is 11.8 Å². The Balaban J connectivity index is 1.78. The average molecular weight is 393 g/mol. The Morgan fingerprint density at radius 1 is 1.30 bits per heavy atom. The molecule has 2 unspecified atom stereocenters. The Morgan fingerprint density at radius 2 is 2.00 bits per heavy atom. The second-order valence-electron chi connectivity index (χ2n) is 7.80. The summed E-state index contributed by atoms with van der Waals surface area (Å²) in [5, 5.41) is 0. The molecule has 0 spiro atoms. The van der Waals surface area contributed by atoms with Crippen molar-refractivity contribution in [2.75, 3.05) is 29.5 Å². The fourth-order valence-electron chi connectivity index (χ4n) is 4.18. The summed E-state index contributed by atoms with van der Waals surface area (Å²) in [7, 11) is -3.06. The van der Waals surface area contributed by atoms with Crippen LogP contribution in [0.5, 0.6) is 0 Å². The van der Waals surface area contributed by atoms with Gasteiger partial charge in [0, 0.05) is 31.2 Å². The third-order valence-electron chi connectivity index (χ3n) is 5.60. The Bertz CT molecular complexity index is 834. The van der Waals surface area contributed by atoms with Gasteiger partial charge in [0.15, 0.2) is 9.84 Å².